The lowest BCUT2D eigenvalue weighted by atomic mass is 10.2. The predicted octanol–water partition coefficient (Wildman–Crippen LogP) is 3.53. The molecule has 96 valence electrons. The second-order valence-corrected chi connectivity index (χ2v) is 6.12. The van der Waals surface area contributed by atoms with Gasteiger partial charge in [0.1, 0.15) is 0 Å². The van der Waals surface area contributed by atoms with Crippen LogP contribution in [-0.4, -0.2) is 19.6 Å². The van der Waals surface area contributed by atoms with Gasteiger partial charge in [-0.25, -0.2) is 0 Å². The minimum Gasteiger partial charge on any atom is -0.317 e. The van der Waals surface area contributed by atoms with Gasteiger partial charge in [0, 0.05) is 14.6 Å². The van der Waals surface area contributed by atoms with E-state index >= 15 is 0 Å². The Balaban J connectivity index is 2.15. The second-order valence-electron chi connectivity index (χ2n) is 4.02. The van der Waals surface area contributed by atoms with Gasteiger partial charge in [0.15, 0.2) is 0 Å². The molecular formula is C13H20BrIN2. The number of benzene rings is 1. The highest BCUT2D eigenvalue weighted by molar-refractivity contribution is 14.1. The average molecular weight is 411 g/mol. The summed E-state index contributed by atoms with van der Waals surface area (Å²) >= 11 is 5.93. The van der Waals surface area contributed by atoms with Crippen LogP contribution in [0.5, 0.6) is 0 Å². The van der Waals surface area contributed by atoms with Crippen LogP contribution in [0.2, 0.25) is 0 Å². The average Bonchev–Trinajstić information content (AvgIpc) is 2.32. The Morgan fingerprint density at radius 2 is 1.94 bits per heavy atom. The molecule has 2 nitrogen and oxygen atoms in total. The molecule has 0 fully saturated rings. The minimum absolute atomic E-state index is 0.936. The van der Waals surface area contributed by atoms with Gasteiger partial charge in [0.05, 0.1) is 0 Å². The molecular weight excluding hydrogens is 391 g/mol. The predicted molar refractivity (Wildman–Crippen MR) is 86.3 cm³/mol. The van der Waals surface area contributed by atoms with Gasteiger partial charge in [-0.05, 0) is 78.8 Å². The molecule has 0 amide bonds. The van der Waals surface area contributed by atoms with Crippen molar-refractivity contribution >= 4 is 38.5 Å². The van der Waals surface area contributed by atoms with Crippen LogP contribution in [0, 0.1) is 3.57 Å². The van der Waals surface area contributed by atoms with Gasteiger partial charge < -0.3 is 10.6 Å². The van der Waals surface area contributed by atoms with E-state index in [1.165, 1.54) is 26.4 Å². The molecule has 0 saturated carbocycles. The summed E-state index contributed by atoms with van der Waals surface area (Å²) in [5.74, 6) is 0. The molecule has 17 heavy (non-hydrogen) atoms. The van der Waals surface area contributed by atoms with Crippen LogP contribution in [0.3, 0.4) is 0 Å². The highest BCUT2D eigenvalue weighted by Crippen LogP contribution is 2.19. The van der Waals surface area contributed by atoms with Crippen LogP contribution in [0.1, 0.15) is 25.3 Å². The van der Waals surface area contributed by atoms with Gasteiger partial charge in [-0.15, -0.1) is 0 Å². The molecule has 2 N–H and O–H groups in total. The summed E-state index contributed by atoms with van der Waals surface area (Å²) < 4.78 is 2.47. The quantitative estimate of drug-likeness (QED) is 0.506. The number of nitrogens with one attached hydrogen (secondary N) is 2. The Morgan fingerprint density at radius 3 is 2.71 bits per heavy atom. The largest absolute Gasteiger partial charge is 0.317 e. The van der Waals surface area contributed by atoms with E-state index in [0.29, 0.717) is 0 Å². The smallest absolute Gasteiger partial charge is 0.0220 e. The number of hydrogen-bond acceptors (Lipinski definition) is 2. The van der Waals surface area contributed by atoms with Crippen molar-refractivity contribution in [3.8, 4) is 0 Å². The van der Waals surface area contributed by atoms with Crippen molar-refractivity contribution in [2.75, 3.05) is 19.6 Å². The molecule has 0 radical (unpaired) electrons. The first-order chi connectivity index (χ1) is 8.24. The molecule has 0 aliphatic rings. The molecule has 1 rings (SSSR count). The molecule has 0 aromatic heterocycles. The molecule has 0 atom stereocenters. The maximum atomic E-state index is 3.58. The third-order valence-corrected chi connectivity index (χ3v) is 3.90. The fraction of sp³-hybridized carbons (Fsp3) is 0.538. The first-order valence-corrected chi connectivity index (χ1v) is 7.96. The zero-order valence-corrected chi connectivity index (χ0v) is 14.0. The number of rotatable bonds is 8. The van der Waals surface area contributed by atoms with E-state index in [1.54, 1.807) is 0 Å². The Hall–Kier alpha value is 0.350. The van der Waals surface area contributed by atoms with Crippen molar-refractivity contribution in [1.82, 2.24) is 10.6 Å². The van der Waals surface area contributed by atoms with Gasteiger partial charge in [0.2, 0.25) is 0 Å². The summed E-state index contributed by atoms with van der Waals surface area (Å²) in [6.07, 6.45) is 2.39. The van der Waals surface area contributed by atoms with Crippen LogP contribution < -0.4 is 10.6 Å². The SMILES string of the molecule is CCCNCCCNCc1cc(I)ccc1Br. The summed E-state index contributed by atoms with van der Waals surface area (Å²) in [7, 11) is 0. The molecule has 1 aromatic rings. The highest BCUT2D eigenvalue weighted by atomic mass is 127. The van der Waals surface area contributed by atoms with Gasteiger partial charge in [-0.1, -0.05) is 22.9 Å². The van der Waals surface area contributed by atoms with E-state index in [0.717, 1.165) is 26.2 Å². The van der Waals surface area contributed by atoms with Crippen molar-refractivity contribution in [2.45, 2.75) is 26.3 Å². The van der Waals surface area contributed by atoms with E-state index in [1.807, 2.05) is 0 Å². The topological polar surface area (TPSA) is 24.1 Å². The van der Waals surface area contributed by atoms with Gasteiger partial charge in [0.25, 0.3) is 0 Å². The van der Waals surface area contributed by atoms with Crippen LogP contribution >= 0.6 is 38.5 Å². The summed E-state index contributed by atoms with van der Waals surface area (Å²) in [4.78, 5) is 0. The maximum absolute atomic E-state index is 3.58. The van der Waals surface area contributed by atoms with E-state index in [-0.39, 0.29) is 0 Å². The lowest BCUT2D eigenvalue weighted by Gasteiger charge is -2.08. The molecule has 0 aliphatic carbocycles. The maximum Gasteiger partial charge on any atom is 0.0220 e. The zero-order valence-electron chi connectivity index (χ0n) is 10.2. The van der Waals surface area contributed by atoms with Gasteiger partial charge in [-0.3, -0.25) is 0 Å². The lowest BCUT2D eigenvalue weighted by molar-refractivity contribution is 0.591. The third kappa shape index (κ3) is 6.74. The molecule has 0 spiro atoms. The van der Waals surface area contributed by atoms with Crippen molar-refractivity contribution in [3.05, 3.63) is 31.8 Å². The third-order valence-electron chi connectivity index (χ3n) is 2.46. The lowest BCUT2D eigenvalue weighted by Crippen LogP contribution is -2.22. The summed E-state index contributed by atoms with van der Waals surface area (Å²) in [5, 5.41) is 6.88. The second kappa shape index (κ2) is 9.30. The molecule has 0 heterocycles. The Bertz CT molecular complexity index is 331. The molecule has 0 saturated heterocycles. The number of halogens is 2. The zero-order chi connectivity index (χ0) is 12.5. The first-order valence-electron chi connectivity index (χ1n) is 6.09. The summed E-state index contributed by atoms with van der Waals surface area (Å²) in [5.41, 5.74) is 1.33. The summed E-state index contributed by atoms with van der Waals surface area (Å²) in [6.45, 7) is 6.43. The van der Waals surface area contributed by atoms with Crippen LogP contribution in [-0.2, 0) is 6.54 Å². The van der Waals surface area contributed by atoms with E-state index < -0.39 is 0 Å². The van der Waals surface area contributed by atoms with E-state index in [9.17, 15) is 0 Å². The summed E-state index contributed by atoms with van der Waals surface area (Å²) in [6, 6.07) is 6.44. The molecule has 0 bridgehead atoms. The standard InChI is InChI=1S/C13H20BrIN2/c1-2-6-16-7-3-8-17-10-11-9-12(15)4-5-13(11)14/h4-5,9,16-17H,2-3,6-8,10H2,1H3. The van der Waals surface area contributed by atoms with Crippen molar-refractivity contribution in [1.29, 1.82) is 0 Å². The van der Waals surface area contributed by atoms with Crippen LogP contribution in [0.4, 0.5) is 0 Å². The molecule has 4 heteroatoms. The van der Waals surface area contributed by atoms with Crippen molar-refractivity contribution < 1.29 is 0 Å². The molecule has 0 aliphatic heterocycles. The van der Waals surface area contributed by atoms with Crippen LogP contribution in [0.25, 0.3) is 0 Å². The fourth-order valence-corrected chi connectivity index (χ4v) is 2.48. The van der Waals surface area contributed by atoms with Crippen LogP contribution in [0.15, 0.2) is 22.7 Å². The Morgan fingerprint density at radius 1 is 1.18 bits per heavy atom. The number of hydrogen-bond donors (Lipinski definition) is 2. The van der Waals surface area contributed by atoms with Gasteiger partial charge >= 0.3 is 0 Å². The van der Waals surface area contributed by atoms with Gasteiger partial charge in [-0.2, -0.15) is 0 Å². The molecule has 1 aromatic carbocycles. The van der Waals surface area contributed by atoms with E-state index in [2.05, 4.69) is 74.3 Å². The Labute approximate surface area is 126 Å². The normalized spacial score (nSPS) is 10.8. The van der Waals surface area contributed by atoms with Crippen molar-refractivity contribution in [3.63, 3.8) is 0 Å². The fourth-order valence-electron chi connectivity index (χ4n) is 1.54. The monoisotopic (exact) mass is 410 g/mol. The highest BCUT2D eigenvalue weighted by Gasteiger charge is 1.99. The van der Waals surface area contributed by atoms with E-state index in [4.69, 9.17) is 0 Å². The molecule has 0 unspecified atom stereocenters. The van der Waals surface area contributed by atoms with Crippen molar-refractivity contribution in [2.24, 2.45) is 0 Å². The Kier molecular flexibility index (Phi) is 8.43. The first kappa shape index (κ1) is 15.4. The minimum atomic E-state index is 0.936.